The number of rotatable bonds is 5. The third-order valence-electron chi connectivity index (χ3n) is 3.99. The maximum Gasteiger partial charge on any atom is 0.184 e. The second kappa shape index (κ2) is 6.16. The van der Waals surface area contributed by atoms with Gasteiger partial charge in [0.15, 0.2) is 5.78 Å². The van der Waals surface area contributed by atoms with Crippen LogP contribution in [-0.2, 0) is 7.05 Å². The molecule has 4 nitrogen and oxygen atoms in total. The Morgan fingerprint density at radius 1 is 1.22 bits per heavy atom. The molecule has 2 aromatic carbocycles. The smallest absolute Gasteiger partial charge is 0.184 e. The van der Waals surface area contributed by atoms with Crippen molar-refractivity contribution < 1.29 is 9.53 Å². The van der Waals surface area contributed by atoms with Gasteiger partial charge in [-0.3, -0.25) is 4.79 Å². The van der Waals surface area contributed by atoms with Gasteiger partial charge in [0, 0.05) is 29.7 Å². The van der Waals surface area contributed by atoms with Gasteiger partial charge in [0.05, 0.1) is 19.3 Å². The molecule has 3 aromatic rings. The van der Waals surface area contributed by atoms with Crippen LogP contribution in [0.2, 0.25) is 0 Å². The molecule has 0 aliphatic carbocycles. The zero-order chi connectivity index (χ0) is 16.4. The molecular formula is C19H20N2O2. The van der Waals surface area contributed by atoms with E-state index in [1.165, 1.54) is 0 Å². The Labute approximate surface area is 135 Å². The lowest BCUT2D eigenvalue weighted by atomic mass is 10.1. The van der Waals surface area contributed by atoms with Crippen LogP contribution in [0.25, 0.3) is 10.9 Å². The summed E-state index contributed by atoms with van der Waals surface area (Å²) in [5.74, 6) is 0.798. The average molecular weight is 308 g/mol. The number of Topliss-reactive ketones (excluding diaryl/α,β-unsaturated/α-hetero) is 1. The van der Waals surface area contributed by atoms with Crippen LogP contribution in [0.3, 0.4) is 0 Å². The van der Waals surface area contributed by atoms with E-state index in [4.69, 9.17) is 4.74 Å². The molecule has 1 aromatic heterocycles. The number of aromatic nitrogens is 1. The summed E-state index contributed by atoms with van der Waals surface area (Å²) in [7, 11) is 3.58. The fourth-order valence-electron chi connectivity index (χ4n) is 2.79. The monoisotopic (exact) mass is 308 g/mol. The van der Waals surface area contributed by atoms with Gasteiger partial charge < -0.3 is 14.6 Å². The van der Waals surface area contributed by atoms with Crippen molar-refractivity contribution in [3.63, 3.8) is 0 Å². The van der Waals surface area contributed by atoms with Crippen molar-refractivity contribution in [1.29, 1.82) is 0 Å². The molecule has 118 valence electrons. The van der Waals surface area contributed by atoms with Crippen LogP contribution < -0.4 is 10.1 Å². The third kappa shape index (κ3) is 2.93. The highest BCUT2D eigenvalue weighted by Crippen LogP contribution is 2.26. The first-order chi connectivity index (χ1) is 11.1. The van der Waals surface area contributed by atoms with Crippen molar-refractivity contribution in [3.8, 4) is 5.75 Å². The molecule has 0 spiro atoms. The van der Waals surface area contributed by atoms with Crippen molar-refractivity contribution in [2.45, 2.75) is 6.92 Å². The molecule has 1 heterocycles. The second-order valence-corrected chi connectivity index (χ2v) is 5.65. The highest BCUT2D eigenvalue weighted by Gasteiger charge is 2.14. The lowest BCUT2D eigenvalue weighted by Crippen LogP contribution is -2.14. The van der Waals surface area contributed by atoms with Crippen molar-refractivity contribution in [2.24, 2.45) is 7.05 Å². The van der Waals surface area contributed by atoms with E-state index in [1.54, 1.807) is 7.11 Å². The lowest BCUT2D eigenvalue weighted by Gasteiger charge is -2.11. The van der Waals surface area contributed by atoms with Crippen molar-refractivity contribution in [1.82, 2.24) is 4.57 Å². The number of carbonyl (C=O) groups excluding carboxylic acids is 1. The summed E-state index contributed by atoms with van der Waals surface area (Å²) in [6.07, 6.45) is 1.89. The van der Waals surface area contributed by atoms with E-state index in [9.17, 15) is 4.79 Å². The average Bonchev–Trinajstić information content (AvgIpc) is 2.90. The van der Waals surface area contributed by atoms with Gasteiger partial charge >= 0.3 is 0 Å². The molecule has 0 bridgehead atoms. The number of para-hydroxylation sites is 1. The molecule has 0 radical (unpaired) electrons. The van der Waals surface area contributed by atoms with Gasteiger partial charge in [-0.15, -0.1) is 0 Å². The normalized spacial score (nSPS) is 10.7. The van der Waals surface area contributed by atoms with E-state index in [0.29, 0.717) is 0 Å². The number of ether oxygens (including phenoxy) is 1. The minimum absolute atomic E-state index is 0.0605. The summed E-state index contributed by atoms with van der Waals surface area (Å²) < 4.78 is 7.32. The number of fused-ring (bicyclic) bond motifs is 1. The predicted molar refractivity (Wildman–Crippen MR) is 93.5 cm³/mol. The first-order valence-corrected chi connectivity index (χ1v) is 7.56. The van der Waals surface area contributed by atoms with Gasteiger partial charge in [0.2, 0.25) is 0 Å². The Balaban J connectivity index is 1.83. The number of methoxy groups -OCH3 is 1. The highest BCUT2D eigenvalue weighted by molar-refractivity contribution is 6.09. The Hall–Kier alpha value is -2.75. The first-order valence-electron chi connectivity index (χ1n) is 7.56. The molecule has 3 rings (SSSR count). The van der Waals surface area contributed by atoms with Gasteiger partial charge in [0.25, 0.3) is 0 Å². The number of ketones is 1. The predicted octanol–water partition coefficient (Wildman–Crippen LogP) is 3.79. The molecule has 0 fully saturated rings. The van der Waals surface area contributed by atoms with Crippen LogP contribution in [-0.4, -0.2) is 24.0 Å². The van der Waals surface area contributed by atoms with E-state index in [2.05, 4.69) is 5.32 Å². The van der Waals surface area contributed by atoms with Gasteiger partial charge in [0.1, 0.15) is 5.75 Å². The van der Waals surface area contributed by atoms with Crippen molar-refractivity contribution >= 4 is 22.4 Å². The Kier molecular flexibility index (Phi) is 4.06. The van der Waals surface area contributed by atoms with Crippen LogP contribution in [0, 0.1) is 6.92 Å². The number of hydrogen-bond donors (Lipinski definition) is 1. The second-order valence-electron chi connectivity index (χ2n) is 5.65. The Morgan fingerprint density at radius 3 is 2.78 bits per heavy atom. The molecular weight excluding hydrogens is 288 g/mol. The Bertz CT molecular complexity index is 865. The molecule has 4 heteroatoms. The number of carbonyl (C=O) groups is 1. The topological polar surface area (TPSA) is 43.3 Å². The largest absolute Gasteiger partial charge is 0.495 e. The van der Waals surface area contributed by atoms with Crippen LogP contribution in [0.15, 0.2) is 48.7 Å². The van der Waals surface area contributed by atoms with Gasteiger partial charge in [-0.1, -0.05) is 24.3 Å². The van der Waals surface area contributed by atoms with E-state index in [1.807, 2.05) is 67.2 Å². The van der Waals surface area contributed by atoms with E-state index in [-0.39, 0.29) is 12.3 Å². The molecule has 0 amide bonds. The maximum absolute atomic E-state index is 12.6. The number of aryl methyl sites for hydroxylation is 2. The summed E-state index contributed by atoms with van der Waals surface area (Å²) in [5, 5.41) is 4.18. The zero-order valence-corrected chi connectivity index (χ0v) is 13.6. The number of nitrogens with one attached hydrogen (secondary N) is 1. The molecule has 0 saturated heterocycles. The summed E-state index contributed by atoms with van der Waals surface area (Å²) in [6.45, 7) is 2.24. The number of benzene rings is 2. The fraction of sp³-hybridized carbons (Fsp3) is 0.211. The van der Waals surface area contributed by atoms with E-state index >= 15 is 0 Å². The van der Waals surface area contributed by atoms with Crippen molar-refractivity contribution in [2.75, 3.05) is 19.0 Å². The van der Waals surface area contributed by atoms with Crippen LogP contribution in [0.1, 0.15) is 15.9 Å². The molecule has 23 heavy (non-hydrogen) atoms. The van der Waals surface area contributed by atoms with Gasteiger partial charge in [-0.2, -0.15) is 0 Å². The number of nitrogens with zero attached hydrogens (tertiary/aromatic N) is 1. The quantitative estimate of drug-likeness (QED) is 0.729. The third-order valence-corrected chi connectivity index (χ3v) is 3.99. The Morgan fingerprint density at radius 2 is 2.00 bits per heavy atom. The van der Waals surface area contributed by atoms with Gasteiger partial charge in [-0.05, 0) is 30.7 Å². The number of anilines is 1. The summed E-state index contributed by atoms with van der Waals surface area (Å²) >= 11 is 0. The minimum Gasteiger partial charge on any atom is -0.495 e. The highest BCUT2D eigenvalue weighted by atomic mass is 16.5. The minimum atomic E-state index is 0.0605. The van der Waals surface area contributed by atoms with Crippen LogP contribution in [0.4, 0.5) is 5.69 Å². The van der Waals surface area contributed by atoms with Crippen LogP contribution >= 0.6 is 0 Å². The standard InChI is InChI=1S/C19H20N2O2/c1-13-8-9-19(23-3)16(10-13)20-11-18(22)15-12-21(2)17-7-5-4-6-14(15)17/h4-10,12,20H,11H2,1-3H3. The molecule has 0 aliphatic heterocycles. The van der Waals surface area contributed by atoms with E-state index < -0.39 is 0 Å². The zero-order valence-electron chi connectivity index (χ0n) is 13.6. The summed E-state index contributed by atoms with van der Waals surface area (Å²) in [4.78, 5) is 12.6. The SMILES string of the molecule is COc1ccc(C)cc1NCC(=O)c1cn(C)c2ccccc12. The van der Waals surface area contributed by atoms with E-state index in [0.717, 1.165) is 33.5 Å². The number of hydrogen-bond acceptors (Lipinski definition) is 3. The lowest BCUT2D eigenvalue weighted by molar-refractivity contribution is 0.101. The first kappa shape index (κ1) is 15.2. The molecule has 1 N–H and O–H groups in total. The molecule has 0 unspecified atom stereocenters. The van der Waals surface area contributed by atoms with Crippen LogP contribution in [0.5, 0.6) is 5.75 Å². The molecule has 0 saturated carbocycles. The molecule has 0 atom stereocenters. The fourth-order valence-corrected chi connectivity index (χ4v) is 2.79. The molecule has 0 aliphatic rings. The summed E-state index contributed by atoms with van der Waals surface area (Å²) in [5.41, 5.74) is 3.75. The maximum atomic E-state index is 12.6. The van der Waals surface area contributed by atoms with Crippen molar-refractivity contribution in [3.05, 3.63) is 59.8 Å². The summed E-state index contributed by atoms with van der Waals surface area (Å²) in [6, 6.07) is 13.8. The van der Waals surface area contributed by atoms with Gasteiger partial charge in [-0.25, -0.2) is 0 Å².